The molecule has 1 rings (SSSR count). The summed E-state index contributed by atoms with van der Waals surface area (Å²) >= 11 is 0. The first kappa shape index (κ1) is 11.6. The van der Waals surface area contributed by atoms with E-state index in [4.69, 9.17) is 5.73 Å². The first-order valence-corrected chi connectivity index (χ1v) is 4.09. The Labute approximate surface area is 83.6 Å². The van der Waals surface area contributed by atoms with Gasteiger partial charge in [-0.2, -0.15) is 0 Å². The van der Waals surface area contributed by atoms with Crippen molar-refractivity contribution in [3.8, 4) is 5.75 Å². The highest BCUT2D eigenvalue weighted by Gasteiger charge is 2.15. The van der Waals surface area contributed by atoms with Gasteiger partial charge >= 0.3 is 0 Å². The normalized spacial score (nSPS) is 11.1. The van der Waals surface area contributed by atoms with Crippen molar-refractivity contribution in [2.45, 2.75) is 12.9 Å². The summed E-state index contributed by atoms with van der Waals surface area (Å²) in [4.78, 5) is 0. The summed E-state index contributed by atoms with van der Waals surface area (Å²) in [6, 6.07) is 3.47. The zero-order valence-electron chi connectivity index (χ0n) is 7.59. The number of benzene rings is 1. The Bertz CT molecular complexity index is 330. The fourth-order valence-electron chi connectivity index (χ4n) is 1.02. The van der Waals surface area contributed by atoms with Crippen LogP contribution >= 0.6 is 0 Å². The van der Waals surface area contributed by atoms with Gasteiger partial charge in [-0.1, -0.05) is 0 Å². The predicted octanol–water partition coefficient (Wildman–Crippen LogP) is 2.85. The molecule has 0 aliphatic carbocycles. The minimum atomic E-state index is -2.80. The smallest absolute Gasteiger partial charge is 0.272 e. The number of alkyl halides is 4. The molecular weight excluding hydrogens is 214 g/mol. The molecule has 0 aliphatic heterocycles. The van der Waals surface area contributed by atoms with Gasteiger partial charge in [-0.3, -0.25) is 0 Å². The van der Waals surface area contributed by atoms with Crippen LogP contribution in [0.3, 0.4) is 0 Å². The fraction of sp³-hybridized carbons (Fsp3) is 0.333. The molecule has 0 atom stereocenters. The molecule has 0 unspecified atom stereocenters. The van der Waals surface area contributed by atoms with Crippen LogP contribution in [-0.4, -0.2) is 13.0 Å². The first-order valence-electron chi connectivity index (χ1n) is 4.09. The second-order valence-corrected chi connectivity index (χ2v) is 2.80. The summed E-state index contributed by atoms with van der Waals surface area (Å²) in [6.07, 6.45) is -5.51. The molecule has 6 heteroatoms. The second-order valence-electron chi connectivity index (χ2n) is 2.80. The molecule has 1 aromatic carbocycles. The van der Waals surface area contributed by atoms with E-state index in [1.807, 2.05) is 0 Å². The molecule has 1 aromatic rings. The van der Waals surface area contributed by atoms with Gasteiger partial charge in [-0.15, -0.1) is 0 Å². The topological polar surface area (TPSA) is 35.2 Å². The average Bonchev–Trinajstić information content (AvgIpc) is 2.15. The Morgan fingerprint density at radius 2 is 1.87 bits per heavy atom. The van der Waals surface area contributed by atoms with Crippen LogP contribution in [0.15, 0.2) is 18.2 Å². The lowest BCUT2D eigenvalue weighted by atomic mass is 10.2. The van der Waals surface area contributed by atoms with Crippen LogP contribution in [0, 0.1) is 0 Å². The number of rotatable bonds is 4. The summed E-state index contributed by atoms with van der Waals surface area (Å²) in [5, 5.41) is 0. The Morgan fingerprint density at radius 3 is 2.40 bits per heavy atom. The van der Waals surface area contributed by atoms with E-state index < -0.39 is 25.0 Å². The molecule has 0 fully saturated rings. The number of nitrogens with two attached hydrogens (primary N) is 1. The van der Waals surface area contributed by atoms with Gasteiger partial charge in [0, 0.05) is 5.69 Å². The van der Waals surface area contributed by atoms with Crippen molar-refractivity contribution < 1.29 is 22.3 Å². The van der Waals surface area contributed by atoms with E-state index in [2.05, 4.69) is 4.74 Å². The van der Waals surface area contributed by atoms with E-state index in [1.165, 1.54) is 6.07 Å². The average molecular weight is 223 g/mol. The zero-order chi connectivity index (χ0) is 11.4. The Kier molecular flexibility index (Phi) is 3.76. The third kappa shape index (κ3) is 3.30. The van der Waals surface area contributed by atoms with Crippen molar-refractivity contribution in [2.24, 2.45) is 0 Å². The third-order valence-corrected chi connectivity index (χ3v) is 1.63. The predicted molar refractivity (Wildman–Crippen MR) is 47.3 cm³/mol. The lowest BCUT2D eigenvalue weighted by Gasteiger charge is -2.11. The lowest BCUT2D eigenvalue weighted by Crippen LogP contribution is -2.08. The van der Waals surface area contributed by atoms with Crippen LogP contribution in [-0.2, 0) is 0 Å². The highest BCUT2D eigenvalue weighted by Crippen LogP contribution is 2.30. The van der Waals surface area contributed by atoms with Gasteiger partial charge in [0.2, 0.25) is 0 Å². The van der Waals surface area contributed by atoms with E-state index in [-0.39, 0.29) is 11.4 Å². The van der Waals surface area contributed by atoms with Gasteiger partial charge < -0.3 is 10.5 Å². The number of halogens is 4. The largest absolute Gasteiger partial charge is 0.487 e. The number of ether oxygens (including phenoxy) is 1. The summed E-state index contributed by atoms with van der Waals surface area (Å²) in [7, 11) is 0. The Hall–Kier alpha value is -1.46. The monoisotopic (exact) mass is 223 g/mol. The van der Waals surface area contributed by atoms with Gasteiger partial charge in [0.05, 0.1) is 5.56 Å². The molecule has 0 aromatic heterocycles. The van der Waals surface area contributed by atoms with Gasteiger partial charge in [0.25, 0.3) is 12.9 Å². The maximum absolute atomic E-state index is 12.4. The number of hydrogen-bond donors (Lipinski definition) is 1. The van der Waals surface area contributed by atoms with Crippen LogP contribution in [0.2, 0.25) is 0 Å². The molecule has 0 heterocycles. The van der Waals surface area contributed by atoms with Gasteiger partial charge in [0.1, 0.15) is 12.4 Å². The van der Waals surface area contributed by atoms with Crippen molar-refractivity contribution in [3.05, 3.63) is 23.8 Å². The molecular formula is C9H9F4NO. The minimum absolute atomic E-state index is 0.134. The van der Waals surface area contributed by atoms with E-state index in [1.54, 1.807) is 0 Å². The molecule has 0 bridgehead atoms. The highest BCUT2D eigenvalue weighted by molar-refractivity contribution is 5.48. The van der Waals surface area contributed by atoms with Crippen molar-refractivity contribution >= 4 is 5.69 Å². The van der Waals surface area contributed by atoms with Gasteiger partial charge in [-0.25, -0.2) is 17.6 Å². The summed E-state index contributed by atoms with van der Waals surface area (Å²) in [6.45, 7) is -0.913. The Balaban J connectivity index is 2.86. The number of anilines is 1. The molecule has 2 nitrogen and oxygen atoms in total. The van der Waals surface area contributed by atoms with Crippen LogP contribution in [0.1, 0.15) is 12.0 Å². The molecule has 84 valence electrons. The van der Waals surface area contributed by atoms with Crippen molar-refractivity contribution in [1.29, 1.82) is 0 Å². The SMILES string of the molecule is Nc1ccc(OCC(F)F)c(C(F)F)c1. The number of nitrogen functional groups attached to an aromatic ring is 1. The lowest BCUT2D eigenvalue weighted by molar-refractivity contribution is 0.0774. The van der Waals surface area contributed by atoms with Crippen molar-refractivity contribution in [3.63, 3.8) is 0 Å². The number of hydrogen-bond acceptors (Lipinski definition) is 2. The third-order valence-electron chi connectivity index (χ3n) is 1.63. The van der Waals surface area contributed by atoms with Crippen LogP contribution in [0.25, 0.3) is 0 Å². The quantitative estimate of drug-likeness (QED) is 0.629. The summed E-state index contributed by atoms with van der Waals surface area (Å²) in [5.41, 5.74) is 4.94. The second kappa shape index (κ2) is 4.86. The molecule has 0 saturated heterocycles. The van der Waals surface area contributed by atoms with Crippen molar-refractivity contribution in [1.82, 2.24) is 0 Å². The van der Waals surface area contributed by atoms with Crippen LogP contribution in [0.5, 0.6) is 5.75 Å². The zero-order valence-corrected chi connectivity index (χ0v) is 7.59. The van der Waals surface area contributed by atoms with E-state index in [0.29, 0.717) is 0 Å². The van der Waals surface area contributed by atoms with E-state index in [0.717, 1.165) is 12.1 Å². The Morgan fingerprint density at radius 1 is 1.20 bits per heavy atom. The first-order chi connectivity index (χ1) is 7.00. The van der Waals surface area contributed by atoms with E-state index >= 15 is 0 Å². The molecule has 0 spiro atoms. The fourth-order valence-corrected chi connectivity index (χ4v) is 1.02. The maximum atomic E-state index is 12.4. The molecule has 0 radical (unpaired) electrons. The summed E-state index contributed by atoms with van der Waals surface area (Å²) in [5.74, 6) is -0.264. The molecule has 15 heavy (non-hydrogen) atoms. The van der Waals surface area contributed by atoms with E-state index in [9.17, 15) is 17.6 Å². The van der Waals surface area contributed by atoms with Gasteiger partial charge in [-0.05, 0) is 18.2 Å². The van der Waals surface area contributed by atoms with Crippen LogP contribution < -0.4 is 10.5 Å². The van der Waals surface area contributed by atoms with Gasteiger partial charge in [0.15, 0.2) is 0 Å². The standard InChI is InChI=1S/C9H9F4NO/c10-8(11)4-15-7-2-1-5(14)3-6(7)9(12)13/h1-3,8-9H,4,14H2. The maximum Gasteiger partial charge on any atom is 0.272 e. The molecule has 0 amide bonds. The molecule has 2 N–H and O–H groups in total. The van der Waals surface area contributed by atoms with Crippen molar-refractivity contribution in [2.75, 3.05) is 12.3 Å². The minimum Gasteiger partial charge on any atom is -0.487 e. The highest BCUT2D eigenvalue weighted by atomic mass is 19.3. The summed E-state index contributed by atoms with van der Waals surface area (Å²) < 4.78 is 52.9. The molecule has 0 saturated carbocycles. The molecule has 0 aliphatic rings. The van der Waals surface area contributed by atoms with Crippen LogP contribution in [0.4, 0.5) is 23.2 Å².